The minimum Gasteiger partial charge on any atom is -0.397 e. The zero-order valence-electron chi connectivity index (χ0n) is 11.2. The summed E-state index contributed by atoms with van der Waals surface area (Å²) in [6.07, 6.45) is 2.51. The van der Waals surface area contributed by atoms with E-state index in [4.69, 9.17) is 5.73 Å². The highest BCUT2D eigenvalue weighted by Gasteiger charge is 2.14. The number of rotatable bonds is 4. The van der Waals surface area contributed by atoms with E-state index in [0.717, 1.165) is 12.2 Å². The average Bonchev–Trinajstić information content (AvgIpc) is 2.46. The number of benzene rings is 1. The molecule has 1 amide bonds. The van der Waals surface area contributed by atoms with Crippen molar-refractivity contribution < 1.29 is 4.79 Å². The summed E-state index contributed by atoms with van der Waals surface area (Å²) in [6.45, 7) is 0.932. The normalized spacial score (nSPS) is 16.1. The van der Waals surface area contributed by atoms with E-state index in [0.29, 0.717) is 17.2 Å². The maximum atomic E-state index is 11.6. The lowest BCUT2D eigenvalue weighted by molar-refractivity contribution is 0.0963. The van der Waals surface area contributed by atoms with Crippen LogP contribution in [0.4, 0.5) is 11.4 Å². The van der Waals surface area contributed by atoms with Gasteiger partial charge in [-0.1, -0.05) is 0 Å². The summed E-state index contributed by atoms with van der Waals surface area (Å²) in [5.41, 5.74) is 8.14. The van der Waals surface area contributed by atoms with Gasteiger partial charge in [0.1, 0.15) is 0 Å². The van der Waals surface area contributed by atoms with E-state index >= 15 is 0 Å². The number of carbonyl (C=O) groups excluding carboxylic acids is 1. The molecule has 104 valence electrons. The smallest absolute Gasteiger partial charge is 0.251 e. The molecule has 1 fully saturated rings. The van der Waals surface area contributed by atoms with E-state index in [9.17, 15) is 4.79 Å². The third-order valence-electron chi connectivity index (χ3n) is 3.46. The van der Waals surface area contributed by atoms with Gasteiger partial charge in [0.2, 0.25) is 0 Å². The third-order valence-corrected chi connectivity index (χ3v) is 4.51. The molecular formula is C14H21N3OS. The van der Waals surface area contributed by atoms with Crippen LogP contribution in [-0.4, -0.2) is 31.0 Å². The first kappa shape index (κ1) is 14.1. The van der Waals surface area contributed by atoms with Crippen LogP contribution >= 0.6 is 11.8 Å². The molecule has 1 saturated heterocycles. The largest absolute Gasteiger partial charge is 0.397 e. The molecular weight excluding hydrogens is 258 g/mol. The van der Waals surface area contributed by atoms with Crippen LogP contribution in [-0.2, 0) is 0 Å². The Hall–Kier alpha value is -1.36. The van der Waals surface area contributed by atoms with Crippen LogP contribution in [0.25, 0.3) is 0 Å². The van der Waals surface area contributed by atoms with Crippen LogP contribution < -0.4 is 16.4 Å². The van der Waals surface area contributed by atoms with Gasteiger partial charge in [-0.15, -0.1) is 0 Å². The molecule has 1 aliphatic heterocycles. The second kappa shape index (κ2) is 6.70. The first-order chi connectivity index (χ1) is 9.20. The van der Waals surface area contributed by atoms with Gasteiger partial charge in [-0.2, -0.15) is 11.8 Å². The van der Waals surface area contributed by atoms with Crippen LogP contribution in [0, 0.1) is 5.92 Å². The molecule has 0 aliphatic carbocycles. The Morgan fingerprint density at radius 3 is 2.84 bits per heavy atom. The van der Waals surface area contributed by atoms with E-state index in [1.807, 2.05) is 17.8 Å². The Morgan fingerprint density at radius 2 is 2.16 bits per heavy atom. The highest BCUT2D eigenvalue weighted by atomic mass is 32.2. The molecule has 0 aromatic heterocycles. The molecule has 0 saturated carbocycles. The number of thioether (sulfide) groups is 1. The first-order valence-electron chi connectivity index (χ1n) is 6.64. The number of carbonyl (C=O) groups is 1. The molecule has 0 unspecified atom stereocenters. The Kier molecular flexibility index (Phi) is 4.96. The third kappa shape index (κ3) is 3.80. The maximum Gasteiger partial charge on any atom is 0.251 e. The quantitative estimate of drug-likeness (QED) is 0.739. The summed E-state index contributed by atoms with van der Waals surface area (Å²) >= 11 is 2.03. The van der Waals surface area contributed by atoms with Gasteiger partial charge in [0.25, 0.3) is 5.91 Å². The first-order valence-corrected chi connectivity index (χ1v) is 7.79. The fraction of sp³-hybridized carbons (Fsp3) is 0.500. The second-order valence-electron chi connectivity index (χ2n) is 4.82. The van der Waals surface area contributed by atoms with Gasteiger partial charge in [-0.3, -0.25) is 4.79 Å². The minimum absolute atomic E-state index is 0.0860. The van der Waals surface area contributed by atoms with E-state index in [-0.39, 0.29) is 5.91 Å². The summed E-state index contributed by atoms with van der Waals surface area (Å²) in [5.74, 6) is 3.13. The zero-order valence-corrected chi connectivity index (χ0v) is 12.1. The van der Waals surface area contributed by atoms with Crippen molar-refractivity contribution >= 4 is 29.0 Å². The van der Waals surface area contributed by atoms with Crippen LogP contribution in [0.2, 0.25) is 0 Å². The molecule has 0 atom stereocenters. The number of nitrogen functional groups attached to an aromatic ring is 1. The average molecular weight is 279 g/mol. The predicted molar refractivity (Wildman–Crippen MR) is 82.8 cm³/mol. The van der Waals surface area contributed by atoms with Gasteiger partial charge >= 0.3 is 0 Å². The van der Waals surface area contributed by atoms with Crippen molar-refractivity contribution in [1.82, 2.24) is 5.32 Å². The monoisotopic (exact) mass is 279 g/mol. The Balaban J connectivity index is 2.00. The molecule has 1 heterocycles. The Bertz CT molecular complexity index is 444. The molecule has 4 nitrogen and oxygen atoms in total. The molecule has 19 heavy (non-hydrogen) atoms. The van der Waals surface area contributed by atoms with Crippen LogP contribution in [0.1, 0.15) is 23.2 Å². The van der Waals surface area contributed by atoms with Crippen LogP contribution in [0.5, 0.6) is 0 Å². The number of hydrogen-bond acceptors (Lipinski definition) is 4. The van der Waals surface area contributed by atoms with Crippen LogP contribution in [0.3, 0.4) is 0 Å². The number of nitrogens with one attached hydrogen (secondary N) is 2. The molecule has 2 rings (SSSR count). The lowest BCUT2D eigenvalue weighted by atomic mass is 10.0. The van der Waals surface area contributed by atoms with Crippen molar-refractivity contribution in [2.75, 3.05) is 36.1 Å². The highest BCUT2D eigenvalue weighted by Crippen LogP contribution is 2.25. The van der Waals surface area contributed by atoms with E-state index in [1.54, 1.807) is 19.2 Å². The van der Waals surface area contributed by atoms with Gasteiger partial charge in [-0.25, -0.2) is 0 Å². The van der Waals surface area contributed by atoms with Crippen molar-refractivity contribution in [3.63, 3.8) is 0 Å². The molecule has 1 aliphatic rings. The fourth-order valence-corrected chi connectivity index (χ4v) is 3.40. The molecule has 1 aromatic rings. The topological polar surface area (TPSA) is 67.2 Å². The van der Waals surface area contributed by atoms with E-state index < -0.39 is 0 Å². The lowest BCUT2D eigenvalue weighted by Gasteiger charge is -2.22. The number of nitrogens with two attached hydrogens (primary N) is 1. The van der Waals surface area contributed by atoms with E-state index in [1.165, 1.54) is 24.3 Å². The minimum atomic E-state index is -0.0860. The van der Waals surface area contributed by atoms with Gasteiger partial charge in [0, 0.05) is 19.2 Å². The van der Waals surface area contributed by atoms with Crippen molar-refractivity contribution in [3.8, 4) is 0 Å². The van der Waals surface area contributed by atoms with Crippen molar-refractivity contribution in [1.29, 1.82) is 0 Å². The summed E-state index contributed by atoms with van der Waals surface area (Å²) in [4.78, 5) is 11.6. The lowest BCUT2D eigenvalue weighted by Crippen LogP contribution is -2.21. The molecule has 5 heteroatoms. The molecule has 4 N–H and O–H groups in total. The van der Waals surface area contributed by atoms with Crippen molar-refractivity contribution in [2.24, 2.45) is 5.92 Å². The van der Waals surface area contributed by atoms with Gasteiger partial charge in [0.15, 0.2) is 0 Å². The summed E-state index contributed by atoms with van der Waals surface area (Å²) in [6, 6.07) is 5.35. The molecule has 0 spiro atoms. The standard InChI is InChI=1S/C14H21N3OS/c1-16-14(18)11-2-3-12(15)13(8-11)17-9-10-4-6-19-7-5-10/h2-3,8,10,17H,4-7,9,15H2,1H3,(H,16,18). The Labute approximate surface area is 118 Å². The summed E-state index contributed by atoms with van der Waals surface area (Å²) in [5, 5.41) is 6.01. The van der Waals surface area contributed by atoms with Gasteiger partial charge in [0.05, 0.1) is 11.4 Å². The van der Waals surface area contributed by atoms with E-state index in [2.05, 4.69) is 10.6 Å². The Morgan fingerprint density at radius 1 is 1.42 bits per heavy atom. The molecule has 0 radical (unpaired) electrons. The summed E-state index contributed by atoms with van der Waals surface area (Å²) in [7, 11) is 1.63. The molecule has 1 aromatic carbocycles. The zero-order chi connectivity index (χ0) is 13.7. The SMILES string of the molecule is CNC(=O)c1ccc(N)c(NCC2CCSCC2)c1. The second-order valence-corrected chi connectivity index (χ2v) is 6.04. The predicted octanol–water partition coefficient (Wildman–Crippen LogP) is 2.18. The van der Waals surface area contributed by atoms with Gasteiger partial charge < -0.3 is 16.4 Å². The fourth-order valence-electron chi connectivity index (χ4n) is 2.20. The molecule has 0 bridgehead atoms. The maximum absolute atomic E-state index is 11.6. The van der Waals surface area contributed by atoms with Crippen molar-refractivity contribution in [2.45, 2.75) is 12.8 Å². The van der Waals surface area contributed by atoms with Crippen LogP contribution in [0.15, 0.2) is 18.2 Å². The number of amides is 1. The van der Waals surface area contributed by atoms with Crippen molar-refractivity contribution in [3.05, 3.63) is 23.8 Å². The summed E-state index contributed by atoms with van der Waals surface area (Å²) < 4.78 is 0. The number of hydrogen-bond donors (Lipinski definition) is 3. The van der Waals surface area contributed by atoms with Gasteiger partial charge in [-0.05, 0) is 48.5 Å². The number of anilines is 2. The highest BCUT2D eigenvalue weighted by molar-refractivity contribution is 7.99.